The Bertz CT molecular complexity index is 330. The van der Waals surface area contributed by atoms with Gasteiger partial charge in [0, 0.05) is 23.6 Å². The second-order valence-electron chi connectivity index (χ2n) is 3.14. The van der Waals surface area contributed by atoms with Crippen LogP contribution >= 0.6 is 15.9 Å². The molecule has 0 aliphatic carbocycles. The topological polar surface area (TPSA) is 3.24 Å². The Morgan fingerprint density at radius 1 is 1.40 bits per heavy atom. The largest absolute Gasteiger partial charge is 0.369 e. The van der Waals surface area contributed by atoms with Gasteiger partial charge in [0.1, 0.15) is 5.82 Å². The van der Waals surface area contributed by atoms with Gasteiger partial charge >= 0.3 is 0 Å². The van der Waals surface area contributed by atoms with E-state index in [9.17, 15) is 13.2 Å². The van der Waals surface area contributed by atoms with Gasteiger partial charge in [-0.3, -0.25) is 0 Å². The van der Waals surface area contributed by atoms with E-state index < -0.39 is 13.0 Å². The summed E-state index contributed by atoms with van der Waals surface area (Å²) in [5, 5.41) is 0.308. The van der Waals surface area contributed by atoms with Crippen molar-refractivity contribution < 1.29 is 13.2 Å². The van der Waals surface area contributed by atoms with Crippen molar-refractivity contribution in [2.45, 2.75) is 11.8 Å². The first-order valence-electron chi connectivity index (χ1n) is 4.39. The van der Waals surface area contributed by atoms with Crippen molar-refractivity contribution in [2.24, 2.45) is 0 Å². The summed E-state index contributed by atoms with van der Waals surface area (Å²) >= 11 is 3.14. The summed E-state index contributed by atoms with van der Waals surface area (Å²) in [6.07, 6.45) is -2.43. The predicted molar refractivity (Wildman–Crippen MR) is 58.3 cm³/mol. The predicted octanol–water partition coefficient (Wildman–Crippen LogP) is 3.42. The molecule has 1 rings (SSSR count). The van der Waals surface area contributed by atoms with Crippen LogP contribution in [0, 0.1) is 5.82 Å². The van der Waals surface area contributed by atoms with E-state index in [0.717, 1.165) is 0 Å². The lowest BCUT2D eigenvalue weighted by atomic mass is 10.2. The third-order valence-electron chi connectivity index (χ3n) is 2.05. The summed E-state index contributed by atoms with van der Waals surface area (Å²) < 4.78 is 37.6. The van der Waals surface area contributed by atoms with Crippen LogP contribution in [0.5, 0.6) is 0 Å². The molecule has 0 aliphatic heterocycles. The van der Waals surface area contributed by atoms with Crippen LogP contribution in [-0.2, 0) is 5.33 Å². The van der Waals surface area contributed by atoms with Crippen molar-refractivity contribution in [3.63, 3.8) is 0 Å². The molecule has 0 aromatic heterocycles. The average Bonchev–Trinajstić information content (AvgIpc) is 2.16. The second kappa shape index (κ2) is 5.39. The van der Waals surface area contributed by atoms with Crippen LogP contribution in [0.2, 0.25) is 0 Å². The fraction of sp³-hybridized carbons (Fsp3) is 0.400. The van der Waals surface area contributed by atoms with Gasteiger partial charge in [0.2, 0.25) is 0 Å². The molecule has 0 heterocycles. The van der Waals surface area contributed by atoms with Gasteiger partial charge in [0.25, 0.3) is 6.43 Å². The van der Waals surface area contributed by atoms with Crippen molar-refractivity contribution in [2.75, 3.05) is 18.5 Å². The second-order valence-corrected chi connectivity index (χ2v) is 3.70. The van der Waals surface area contributed by atoms with Gasteiger partial charge in [-0.2, -0.15) is 0 Å². The minimum absolute atomic E-state index is 0.308. The van der Waals surface area contributed by atoms with E-state index in [1.165, 1.54) is 24.1 Å². The third-order valence-corrected chi connectivity index (χ3v) is 2.61. The molecule has 0 N–H and O–H groups in total. The summed E-state index contributed by atoms with van der Waals surface area (Å²) in [5.41, 5.74) is 0.896. The Balaban J connectivity index is 2.97. The van der Waals surface area contributed by atoms with Crippen LogP contribution in [0.3, 0.4) is 0 Å². The number of hydrogen-bond donors (Lipinski definition) is 0. The Kier molecular flexibility index (Phi) is 4.45. The van der Waals surface area contributed by atoms with E-state index in [4.69, 9.17) is 0 Å². The lowest BCUT2D eigenvalue weighted by molar-refractivity contribution is 0.156. The summed E-state index contributed by atoms with van der Waals surface area (Å²) in [5.74, 6) is -0.384. The zero-order valence-electron chi connectivity index (χ0n) is 8.18. The summed E-state index contributed by atoms with van der Waals surface area (Å²) in [7, 11) is 1.52. The van der Waals surface area contributed by atoms with E-state index in [1.54, 1.807) is 6.07 Å². The molecule has 0 radical (unpaired) electrons. The van der Waals surface area contributed by atoms with Gasteiger partial charge in [0.05, 0.1) is 6.54 Å². The fourth-order valence-electron chi connectivity index (χ4n) is 1.34. The quantitative estimate of drug-likeness (QED) is 0.765. The number of alkyl halides is 3. The molecule has 1 aromatic carbocycles. The Labute approximate surface area is 95.0 Å². The molecular formula is C10H11BrF3N. The standard InChI is InChI=1S/C10H11BrF3N/c1-15(6-10(13)14)9-4-2-3-8(12)7(9)5-11/h2-4,10H,5-6H2,1H3. The van der Waals surface area contributed by atoms with E-state index in [0.29, 0.717) is 16.6 Å². The SMILES string of the molecule is CN(CC(F)F)c1cccc(F)c1CBr. The molecule has 84 valence electrons. The Morgan fingerprint density at radius 3 is 2.60 bits per heavy atom. The van der Waals surface area contributed by atoms with E-state index in [-0.39, 0.29) is 5.82 Å². The molecule has 0 saturated carbocycles. The average molecular weight is 282 g/mol. The molecule has 0 spiro atoms. The number of nitrogens with zero attached hydrogens (tertiary/aromatic N) is 1. The molecule has 0 aliphatic rings. The maximum atomic E-state index is 13.3. The first-order valence-corrected chi connectivity index (χ1v) is 5.51. The highest BCUT2D eigenvalue weighted by Crippen LogP contribution is 2.24. The van der Waals surface area contributed by atoms with Crippen LogP contribution in [0.25, 0.3) is 0 Å². The molecule has 15 heavy (non-hydrogen) atoms. The molecule has 0 atom stereocenters. The van der Waals surface area contributed by atoms with E-state index in [2.05, 4.69) is 15.9 Å². The van der Waals surface area contributed by atoms with Crippen molar-refractivity contribution >= 4 is 21.6 Å². The van der Waals surface area contributed by atoms with Crippen molar-refractivity contribution in [3.05, 3.63) is 29.6 Å². The molecule has 0 amide bonds. The molecule has 5 heteroatoms. The summed E-state index contributed by atoms with van der Waals surface area (Å²) in [6, 6.07) is 4.46. The first kappa shape index (κ1) is 12.4. The lowest BCUT2D eigenvalue weighted by Crippen LogP contribution is -2.25. The van der Waals surface area contributed by atoms with Gasteiger partial charge in [-0.25, -0.2) is 13.2 Å². The number of rotatable bonds is 4. The van der Waals surface area contributed by atoms with Crippen LogP contribution < -0.4 is 4.90 Å². The molecule has 0 bridgehead atoms. The molecular weight excluding hydrogens is 271 g/mol. The minimum atomic E-state index is -2.43. The van der Waals surface area contributed by atoms with Crippen LogP contribution in [0.4, 0.5) is 18.9 Å². The summed E-state index contributed by atoms with van der Waals surface area (Å²) in [6.45, 7) is -0.399. The number of halogens is 4. The fourth-order valence-corrected chi connectivity index (χ4v) is 1.90. The highest BCUT2D eigenvalue weighted by atomic mass is 79.9. The van der Waals surface area contributed by atoms with Crippen molar-refractivity contribution in [1.29, 1.82) is 0 Å². The molecule has 1 nitrogen and oxygen atoms in total. The smallest absolute Gasteiger partial charge is 0.255 e. The monoisotopic (exact) mass is 281 g/mol. The minimum Gasteiger partial charge on any atom is -0.369 e. The molecule has 0 saturated heterocycles. The molecule has 0 unspecified atom stereocenters. The maximum Gasteiger partial charge on any atom is 0.255 e. The van der Waals surface area contributed by atoms with Crippen LogP contribution in [0.15, 0.2) is 18.2 Å². The third kappa shape index (κ3) is 3.12. The van der Waals surface area contributed by atoms with Crippen LogP contribution in [0.1, 0.15) is 5.56 Å². The van der Waals surface area contributed by atoms with E-state index >= 15 is 0 Å². The number of anilines is 1. The van der Waals surface area contributed by atoms with Gasteiger partial charge in [-0.15, -0.1) is 0 Å². The molecule has 1 aromatic rings. The Morgan fingerprint density at radius 2 is 2.07 bits per heavy atom. The molecule has 0 fully saturated rings. The van der Waals surface area contributed by atoms with Crippen molar-refractivity contribution in [3.8, 4) is 0 Å². The zero-order valence-corrected chi connectivity index (χ0v) is 9.77. The zero-order chi connectivity index (χ0) is 11.4. The maximum absolute atomic E-state index is 13.3. The van der Waals surface area contributed by atoms with E-state index in [1.807, 2.05) is 0 Å². The van der Waals surface area contributed by atoms with Crippen molar-refractivity contribution in [1.82, 2.24) is 0 Å². The first-order chi connectivity index (χ1) is 7.06. The normalized spacial score (nSPS) is 10.8. The number of benzene rings is 1. The number of hydrogen-bond acceptors (Lipinski definition) is 1. The van der Waals surface area contributed by atoms with Crippen LogP contribution in [-0.4, -0.2) is 20.0 Å². The van der Waals surface area contributed by atoms with Gasteiger partial charge in [0.15, 0.2) is 0 Å². The highest BCUT2D eigenvalue weighted by molar-refractivity contribution is 9.08. The van der Waals surface area contributed by atoms with Gasteiger partial charge in [-0.05, 0) is 12.1 Å². The van der Waals surface area contributed by atoms with Gasteiger partial charge in [-0.1, -0.05) is 22.0 Å². The summed E-state index contributed by atoms with van der Waals surface area (Å²) in [4.78, 5) is 1.35. The highest BCUT2D eigenvalue weighted by Gasteiger charge is 2.14. The lowest BCUT2D eigenvalue weighted by Gasteiger charge is -2.21. The van der Waals surface area contributed by atoms with Gasteiger partial charge < -0.3 is 4.90 Å². The Hall–Kier alpha value is -0.710.